The molecule has 0 spiro atoms. The predicted molar refractivity (Wildman–Crippen MR) is 159 cm³/mol. The van der Waals surface area contributed by atoms with Crippen LogP contribution in [0.5, 0.6) is 11.5 Å². The number of ether oxygens (including phenoxy) is 3. The standard InChI is InChI=1S/C30H24BrClN2O5S/c1-17-26(29(36)38-3)27(23-15-21(32)10-13-24(23)37-2)34-28(35)25(40-30(34)33-17)14-18-6-11-22(12-7-18)39-16-19-4-8-20(31)9-5-19/h4-15,27H,16H2,1-3H3/b25-14-/t27-/m1/s1. The van der Waals surface area contributed by atoms with Gasteiger partial charge in [0.15, 0.2) is 4.80 Å². The fourth-order valence-electron chi connectivity index (χ4n) is 4.46. The zero-order valence-corrected chi connectivity index (χ0v) is 25.0. The van der Waals surface area contributed by atoms with Crippen LogP contribution in [0.15, 0.2) is 92.3 Å². The molecule has 1 aliphatic heterocycles. The smallest absolute Gasteiger partial charge is 0.338 e. The Morgan fingerprint density at radius 3 is 2.50 bits per heavy atom. The zero-order chi connectivity index (χ0) is 28.4. The fourth-order valence-corrected chi connectivity index (χ4v) is 5.96. The summed E-state index contributed by atoms with van der Waals surface area (Å²) < 4.78 is 19.5. The van der Waals surface area contributed by atoms with E-state index in [-0.39, 0.29) is 11.1 Å². The molecule has 0 N–H and O–H groups in total. The Bertz CT molecular complexity index is 1790. The molecule has 1 aliphatic rings. The van der Waals surface area contributed by atoms with Gasteiger partial charge in [-0.15, -0.1) is 0 Å². The molecule has 1 atom stereocenters. The number of allylic oxidation sites excluding steroid dienone is 1. The molecule has 7 nitrogen and oxygen atoms in total. The van der Waals surface area contributed by atoms with Crippen molar-refractivity contribution in [1.29, 1.82) is 0 Å². The van der Waals surface area contributed by atoms with E-state index in [4.69, 9.17) is 25.8 Å². The minimum atomic E-state index is -0.825. The summed E-state index contributed by atoms with van der Waals surface area (Å²) in [6.07, 6.45) is 1.80. The van der Waals surface area contributed by atoms with Crippen LogP contribution in [0, 0.1) is 0 Å². The number of hydrogen-bond acceptors (Lipinski definition) is 7. The van der Waals surface area contributed by atoms with Gasteiger partial charge < -0.3 is 14.2 Å². The van der Waals surface area contributed by atoms with Gasteiger partial charge >= 0.3 is 5.97 Å². The molecule has 0 radical (unpaired) electrons. The highest BCUT2D eigenvalue weighted by Crippen LogP contribution is 2.37. The van der Waals surface area contributed by atoms with Crippen molar-refractivity contribution in [1.82, 2.24) is 4.57 Å². The number of thiazole rings is 1. The molecule has 0 saturated heterocycles. The van der Waals surface area contributed by atoms with E-state index in [1.807, 2.05) is 48.5 Å². The van der Waals surface area contributed by atoms with Gasteiger partial charge in [0.05, 0.1) is 30.0 Å². The van der Waals surface area contributed by atoms with Crippen molar-refractivity contribution in [2.75, 3.05) is 14.2 Å². The highest BCUT2D eigenvalue weighted by Gasteiger charge is 2.35. The second kappa shape index (κ2) is 11.8. The highest BCUT2D eigenvalue weighted by atomic mass is 79.9. The Hall–Kier alpha value is -3.66. The van der Waals surface area contributed by atoms with Crippen molar-refractivity contribution in [2.45, 2.75) is 19.6 Å². The van der Waals surface area contributed by atoms with Crippen LogP contribution in [0.3, 0.4) is 0 Å². The number of carbonyl (C=O) groups is 1. The third-order valence-corrected chi connectivity index (χ3v) is 8.16. The summed E-state index contributed by atoms with van der Waals surface area (Å²) in [5.74, 6) is 0.619. The minimum Gasteiger partial charge on any atom is -0.496 e. The van der Waals surface area contributed by atoms with E-state index in [1.165, 1.54) is 30.1 Å². The first-order valence-corrected chi connectivity index (χ1v) is 14.2. The van der Waals surface area contributed by atoms with Gasteiger partial charge in [-0.3, -0.25) is 9.36 Å². The zero-order valence-electron chi connectivity index (χ0n) is 21.8. The molecule has 0 unspecified atom stereocenters. The number of rotatable bonds is 7. The van der Waals surface area contributed by atoms with Crippen LogP contribution < -0.4 is 24.4 Å². The Labute approximate surface area is 247 Å². The molecule has 204 valence electrons. The number of benzene rings is 3. The number of fused-ring (bicyclic) bond motifs is 1. The number of hydrogen-bond donors (Lipinski definition) is 0. The lowest BCUT2D eigenvalue weighted by molar-refractivity contribution is -0.136. The predicted octanol–water partition coefficient (Wildman–Crippen LogP) is 5.41. The Morgan fingerprint density at radius 2 is 1.82 bits per heavy atom. The second-order valence-corrected chi connectivity index (χ2v) is 11.3. The van der Waals surface area contributed by atoms with Crippen molar-refractivity contribution in [3.8, 4) is 11.5 Å². The quantitative estimate of drug-likeness (QED) is 0.253. The SMILES string of the molecule is COC(=O)C1=C(C)N=c2s/c(=C\c3ccc(OCc4ccc(Br)cc4)cc3)c(=O)n2[C@@H]1c1cc(Cl)ccc1OC. The lowest BCUT2D eigenvalue weighted by Crippen LogP contribution is -2.40. The number of esters is 1. The Kier molecular flexibility index (Phi) is 8.25. The molecule has 0 bridgehead atoms. The van der Waals surface area contributed by atoms with Crippen molar-refractivity contribution >= 4 is 50.9 Å². The average molecular weight is 640 g/mol. The number of halogens is 2. The second-order valence-electron chi connectivity index (χ2n) is 8.94. The summed E-state index contributed by atoms with van der Waals surface area (Å²) in [7, 11) is 2.82. The van der Waals surface area contributed by atoms with Crippen molar-refractivity contribution in [3.05, 3.63) is 124 Å². The van der Waals surface area contributed by atoms with E-state index >= 15 is 0 Å². The molecule has 40 heavy (non-hydrogen) atoms. The summed E-state index contributed by atoms with van der Waals surface area (Å²) in [6, 6.07) is 19.7. The van der Waals surface area contributed by atoms with Crippen molar-refractivity contribution < 1.29 is 19.0 Å². The lowest BCUT2D eigenvalue weighted by Gasteiger charge is -2.25. The van der Waals surface area contributed by atoms with Crippen LogP contribution in [0.2, 0.25) is 5.02 Å². The van der Waals surface area contributed by atoms with E-state index in [9.17, 15) is 9.59 Å². The van der Waals surface area contributed by atoms with Gasteiger partial charge in [0.2, 0.25) is 0 Å². The largest absolute Gasteiger partial charge is 0.496 e. The molecule has 0 amide bonds. The number of aromatic nitrogens is 1. The third-order valence-electron chi connectivity index (χ3n) is 6.41. The van der Waals surface area contributed by atoms with Gasteiger partial charge in [0.25, 0.3) is 5.56 Å². The monoisotopic (exact) mass is 638 g/mol. The van der Waals surface area contributed by atoms with Gasteiger partial charge in [0, 0.05) is 15.1 Å². The first-order chi connectivity index (χ1) is 19.3. The normalized spacial score (nSPS) is 14.9. The van der Waals surface area contributed by atoms with Gasteiger partial charge in [-0.2, -0.15) is 0 Å². The number of methoxy groups -OCH3 is 2. The van der Waals surface area contributed by atoms with E-state index in [1.54, 1.807) is 31.2 Å². The lowest BCUT2D eigenvalue weighted by atomic mass is 9.95. The number of carbonyl (C=O) groups excluding carboxylic acids is 1. The maximum absolute atomic E-state index is 13.8. The molecule has 1 aromatic heterocycles. The van der Waals surface area contributed by atoms with E-state index in [0.717, 1.165) is 15.6 Å². The summed E-state index contributed by atoms with van der Waals surface area (Å²) in [5, 5.41) is 0.444. The van der Waals surface area contributed by atoms with Gasteiger partial charge in [-0.25, -0.2) is 9.79 Å². The van der Waals surface area contributed by atoms with Crippen LogP contribution >= 0.6 is 38.9 Å². The van der Waals surface area contributed by atoms with E-state index in [0.29, 0.717) is 43.7 Å². The molecule has 3 aromatic carbocycles. The molecule has 4 aromatic rings. The molecule has 0 aliphatic carbocycles. The van der Waals surface area contributed by atoms with Crippen LogP contribution in [-0.4, -0.2) is 24.8 Å². The summed E-state index contributed by atoms with van der Waals surface area (Å²) >= 11 is 11.0. The summed E-state index contributed by atoms with van der Waals surface area (Å²) in [4.78, 5) is 31.8. The van der Waals surface area contributed by atoms with E-state index in [2.05, 4.69) is 20.9 Å². The maximum atomic E-state index is 13.8. The molecular formula is C30H24BrClN2O5S. The van der Waals surface area contributed by atoms with Gasteiger partial charge in [-0.1, -0.05) is 63.1 Å². The topological polar surface area (TPSA) is 79.1 Å². The average Bonchev–Trinajstić information content (AvgIpc) is 3.26. The maximum Gasteiger partial charge on any atom is 0.338 e. The fraction of sp³-hybridized carbons (Fsp3) is 0.167. The molecule has 2 heterocycles. The van der Waals surface area contributed by atoms with Crippen molar-refractivity contribution in [2.24, 2.45) is 4.99 Å². The Morgan fingerprint density at radius 1 is 1.10 bits per heavy atom. The van der Waals surface area contributed by atoms with Crippen molar-refractivity contribution in [3.63, 3.8) is 0 Å². The van der Waals surface area contributed by atoms with Crippen LogP contribution in [-0.2, 0) is 16.1 Å². The molecule has 5 rings (SSSR count). The summed E-state index contributed by atoms with van der Waals surface area (Å²) in [5.41, 5.74) is 2.85. The van der Waals surface area contributed by atoms with Crippen LogP contribution in [0.1, 0.15) is 29.7 Å². The molecule has 0 fully saturated rings. The Balaban J connectivity index is 1.53. The number of nitrogens with zero attached hydrogens (tertiary/aromatic N) is 2. The van der Waals surface area contributed by atoms with Gasteiger partial charge in [0.1, 0.15) is 24.1 Å². The minimum absolute atomic E-state index is 0.245. The first-order valence-electron chi connectivity index (χ1n) is 12.2. The molecule has 10 heteroatoms. The van der Waals surface area contributed by atoms with Gasteiger partial charge in [-0.05, 0) is 66.6 Å². The first kappa shape index (κ1) is 27.9. The third kappa shape index (κ3) is 5.63. The van der Waals surface area contributed by atoms with Crippen LogP contribution in [0.25, 0.3) is 6.08 Å². The molecular weight excluding hydrogens is 616 g/mol. The van der Waals surface area contributed by atoms with Crippen LogP contribution in [0.4, 0.5) is 0 Å². The molecule has 0 saturated carbocycles. The van der Waals surface area contributed by atoms with E-state index < -0.39 is 12.0 Å². The summed E-state index contributed by atoms with van der Waals surface area (Å²) in [6.45, 7) is 2.17. The highest BCUT2D eigenvalue weighted by molar-refractivity contribution is 9.10.